The molecule has 2 aromatic rings. The fourth-order valence-electron chi connectivity index (χ4n) is 4.90. The van der Waals surface area contributed by atoms with Crippen LogP contribution in [0.15, 0.2) is 48.5 Å². The molecule has 0 spiro atoms. The van der Waals surface area contributed by atoms with Gasteiger partial charge in [0, 0.05) is 37.3 Å². The summed E-state index contributed by atoms with van der Waals surface area (Å²) >= 11 is 0. The molecule has 4 rings (SSSR count). The van der Waals surface area contributed by atoms with Gasteiger partial charge in [-0.15, -0.1) is 0 Å². The maximum atomic E-state index is 14.0. The molecule has 1 saturated heterocycles. The Hall–Kier alpha value is -2.74. The summed E-state index contributed by atoms with van der Waals surface area (Å²) < 4.78 is 47.2. The summed E-state index contributed by atoms with van der Waals surface area (Å²) in [4.78, 5) is 14.9. The number of rotatable bonds is 4. The van der Waals surface area contributed by atoms with Crippen molar-refractivity contribution in [3.63, 3.8) is 0 Å². The lowest BCUT2D eigenvalue weighted by Gasteiger charge is -2.36. The smallest absolute Gasteiger partial charge is 0.381 e. The van der Waals surface area contributed by atoms with E-state index in [2.05, 4.69) is 31.3 Å². The number of nitrogens with zero attached hydrogens (tertiary/aromatic N) is 2. The van der Waals surface area contributed by atoms with E-state index in [9.17, 15) is 18.0 Å². The first-order chi connectivity index (χ1) is 15.6. The van der Waals surface area contributed by atoms with Crippen molar-refractivity contribution in [2.24, 2.45) is 0 Å². The fourth-order valence-corrected chi connectivity index (χ4v) is 4.90. The van der Waals surface area contributed by atoms with Crippen molar-refractivity contribution in [3.05, 3.63) is 65.2 Å². The number of nitrogens with one attached hydrogen (secondary N) is 1. The number of morpholine rings is 1. The number of fused-ring (bicyclic) bond motifs is 1. The molecule has 178 valence electrons. The molecule has 1 fully saturated rings. The lowest BCUT2D eigenvalue weighted by Crippen LogP contribution is -2.50. The average Bonchev–Trinajstić information content (AvgIpc) is 3.04. The number of amides is 2. The second kappa shape index (κ2) is 8.89. The normalized spacial score (nSPS) is 20.8. The SMILES string of the molecule is CN(C(=O)N1CCOCC1)[C@@H](c1ccc(N[C@@H]2Cc3ccccc3C2(C)C)cc1)C(F)(F)F. The highest BCUT2D eigenvalue weighted by Gasteiger charge is 2.46. The average molecular weight is 462 g/mol. The van der Waals surface area contributed by atoms with Gasteiger partial charge in [-0.3, -0.25) is 0 Å². The van der Waals surface area contributed by atoms with Crippen LogP contribution in [0, 0.1) is 0 Å². The van der Waals surface area contributed by atoms with Crippen LogP contribution in [0.4, 0.5) is 23.7 Å². The Balaban J connectivity index is 1.51. The van der Waals surface area contributed by atoms with Crippen molar-refractivity contribution in [3.8, 4) is 0 Å². The summed E-state index contributed by atoms with van der Waals surface area (Å²) in [6.45, 7) is 5.59. The van der Waals surface area contributed by atoms with Gasteiger partial charge >= 0.3 is 12.2 Å². The summed E-state index contributed by atoms with van der Waals surface area (Å²) in [5, 5.41) is 3.50. The van der Waals surface area contributed by atoms with Crippen LogP contribution >= 0.6 is 0 Å². The summed E-state index contributed by atoms with van der Waals surface area (Å²) in [6, 6.07) is 12.0. The zero-order valence-corrected chi connectivity index (χ0v) is 19.2. The molecule has 33 heavy (non-hydrogen) atoms. The van der Waals surface area contributed by atoms with E-state index < -0.39 is 18.2 Å². The van der Waals surface area contributed by atoms with Crippen molar-refractivity contribution >= 4 is 11.7 Å². The molecule has 5 nitrogen and oxygen atoms in total. The molecular formula is C25H30F3N3O2. The number of benzene rings is 2. The Morgan fingerprint density at radius 1 is 1.12 bits per heavy atom. The van der Waals surface area contributed by atoms with Crippen LogP contribution in [0.5, 0.6) is 0 Å². The van der Waals surface area contributed by atoms with Crippen molar-refractivity contribution in [1.29, 1.82) is 0 Å². The second-order valence-corrected chi connectivity index (χ2v) is 9.34. The van der Waals surface area contributed by atoms with Gasteiger partial charge in [-0.25, -0.2) is 4.79 Å². The summed E-state index contributed by atoms with van der Waals surface area (Å²) in [5.74, 6) is 0. The number of urea groups is 1. The Morgan fingerprint density at radius 2 is 1.76 bits per heavy atom. The maximum Gasteiger partial charge on any atom is 0.413 e. The maximum absolute atomic E-state index is 14.0. The third kappa shape index (κ3) is 4.67. The number of hydrogen-bond donors (Lipinski definition) is 1. The molecule has 8 heteroatoms. The number of ether oxygens (including phenoxy) is 1. The quantitative estimate of drug-likeness (QED) is 0.698. The zero-order chi connectivity index (χ0) is 23.8. The Morgan fingerprint density at radius 3 is 2.36 bits per heavy atom. The number of anilines is 1. The van der Waals surface area contributed by atoms with E-state index in [0.717, 1.165) is 17.0 Å². The van der Waals surface area contributed by atoms with Crippen LogP contribution in [0.25, 0.3) is 0 Å². The van der Waals surface area contributed by atoms with Crippen LogP contribution in [-0.4, -0.2) is 61.4 Å². The third-order valence-electron chi connectivity index (χ3n) is 6.85. The molecule has 2 atom stereocenters. The molecular weight excluding hydrogens is 431 g/mol. The topological polar surface area (TPSA) is 44.8 Å². The van der Waals surface area contributed by atoms with Crippen molar-refractivity contribution < 1.29 is 22.7 Å². The molecule has 2 aromatic carbocycles. The second-order valence-electron chi connectivity index (χ2n) is 9.34. The van der Waals surface area contributed by atoms with Gasteiger partial charge in [0.1, 0.15) is 0 Å². The van der Waals surface area contributed by atoms with Gasteiger partial charge < -0.3 is 19.9 Å². The molecule has 0 bridgehead atoms. The fraction of sp³-hybridized carbons (Fsp3) is 0.480. The van der Waals surface area contributed by atoms with Gasteiger partial charge in [-0.2, -0.15) is 13.2 Å². The van der Waals surface area contributed by atoms with E-state index in [0.29, 0.717) is 13.2 Å². The monoisotopic (exact) mass is 461 g/mol. The Kier molecular flexibility index (Phi) is 6.31. The van der Waals surface area contributed by atoms with Gasteiger partial charge in [0.25, 0.3) is 0 Å². The van der Waals surface area contributed by atoms with Crippen LogP contribution < -0.4 is 5.32 Å². The predicted octanol–water partition coefficient (Wildman–Crippen LogP) is 4.99. The van der Waals surface area contributed by atoms with Crippen molar-refractivity contribution in [1.82, 2.24) is 9.80 Å². The molecule has 0 saturated carbocycles. The molecule has 1 aliphatic carbocycles. The van der Waals surface area contributed by atoms with E-state index in [-0.39, 0.29) is 30.1 Å². The Labute approximate surface area is 192 Å². The highest BCUT2D eigenvalue weighted by atomic mass is 19.4. The summed E-state index contributed by atoms with van der Waals surface area (Å²) in [5.41, 5.74) is 3.27. The van der Waals surface area contributed by atoms with E-state index in [1.54, 1.807) is 12.1 Å². The summed E-state index contributed by atoms with van der Waals surface area (Å²) in [6.07, 6.45) is -3.74. The lowest BCUT2D eigenvalue weighted by atomic mass is 9.83. The lowest BCUT2D eigenvalue weighted by molar-refractivity contribution is -0.177. The predicted molar refractivity (Wildman–Crippen MR) is 121 cm³/mol. The molecule has 1 N–H and O–H groups in total. The number of hydrogen-bond acceptors (Lipinski definition) is 3. The van der Waals surface area contributed by atoms with Gasteiger partial charge in [-0.05, 0) is 35.2 Å². The largest absolute Gasteiger partial charge is 0.413 e. The minimum atomic E-state index is -4.60. The standard InChI is InChI=1S/C25H30F3N3O2/c1-24(2)20-7-5-4-6-18(20)16-21(24)29-19-10-8-17(9-11-19)22(25(26,27)28)30(3)23(32)31-12-14-33-15-13-31/h4-11,21-22,29H,12-16H2,1-3H3/t21-,22+/m1/s1. The van der Waals surface area contributed by atoms with E-state index in [1.807, 2.05) is 12.1 Å². The van der Waals surface area contributed by atoms with Gasteiger partial charge in [0.2, 0.25) is 0 Å². The molecule has 0 aromatic heterocycles. The highest BCUT2D eigenvalue weighted by Crippen LogP contribution is 2.41. The first-order valence-corrected chi connectivity index (χ1v) is 11.2. The van der Waals surface area contributed by atoms with Crippen LogP contribution in [-0.2, 0) is 16.6 Å². The number of halogens is 3. The van der Waals surface area contributed by atoms with Crippen LogP contribution in [0.3, 0.4) is 0 Å². The van der Waals surface area contributed by atoms with Crippen molar-refractivity contribution in [2.45, 2.75) is 43.9 Å². The number of carbonyl (C=O) groups excluding carboxylic acids is 1. The minimum absolute atomic E-state index is 0.0335. The third-order valence-corrected chi connectivity index (χ3v) is 6.85. The summed E-state index contributed by atoms with van der Waals surface area (Å²) in [7, 11) is 1.21. The van der Waals surface area contributed by atoms with Gasteiger partial charge in [0.15, 0.2) is 6.04 Å². The molecule has 2 amide bonds. The molecule has 0 radical (unpaired) electrons. The number of alkyl halides is 3. The van der Waals surface area contributed by atoms with E-state index in [1.165, 1.54) is 35.2 Å². The highest BCUT2D eigenvalue weighted by molar-refractivity contribution is 5.75. The van der Waals surface area contributed by atoms with E-state index in [4.69, 9.17) is 4.74 Å². The first-order valence-electron chi connectivity index (χ1n) is 11.2. The van der Waals surface area contributed by atoms with Gasteiger partial charge in [0.05, 0.1) is 13.2 Å². The number of carbonyl (C=O) groups is 1. The Bertz CT molecular complexity index is 985. The van der Waals surface area contributed by atoms with Crippen LogP contribution in [0.1, 0.15) is 36.6 Å². The van der Waals surface area contributed by atoms with E-state index >= 15 is 0 Å². The molecule has 2 aliphatic rings. The molecule has 0 unspecified atom stereocenters. The van der Waals surface area contributed by atoms with Crippen molar-refractivity contribution in [2.75, 3.05) is 38.7 Å². The first kappa shape index (κ1) is 23.4. The molecule has 1 aliphatic heterocycles. The molecule has 1 heterocycles. The zero-order valence-electron chi connectivity index (χ0n) is 19.2. The minimum Gasteiger partial charge on any atom is -0.381 e. The van der Waals surface area contributed by atoms with Crippen LogP contribution in [0.2, 0.25) is 0 Å². The van der Waals surface area contributed by atoms with Gasteiger partial charge in [-0.1, -0.05) is 50.2 Å².